The van der Waals surface area contributed by atoms with Gasteiger partial charge in [0.15, 0.2) is 5.78 Å². The smallest absolute Gasteiger partial charge is 0.193 e. The SMILES string of the molecule is CC(C)Cc1ccc(C(=O)c2ccc(I)c(Cl)c2)cc1. The molecule has 0 radical (unpaired) electrons. The average molecular weight is 399 g/mol. The van der Waals surface area contributed by atoms with Crippen molar-refractivity contribution in [3.05, 3.63) is 67.7 Å². The molecule has 0 spiro atoms. The van der Waals surface area contributed by atoms with Crippen LogP contribution in [-0.4, -0.2) is 5.78 Å². The quantitative estimate of drug-likeness (QED) is 0.499. The topological polar surface area (TPSA) is 17.1 Å². The van der Waals surface area contributed by atoms with Crippen LogP contribution in [0.3, 0.4) is 0 Å². The Bertz CT molecular complexity index is 617. The Labute approximate surface area is 138 Å². The van der Waals surface area contributed by atoms with Crippen molar-refractivity contribution in [3.63, 3.8) is 0 Å². The number of hydrogen-bond acceptors (Lipinski definition) is 1. The number of hydrogen-bond donors (Lipinski definition) is 0. The third kappa shape index (κ3) is 3.83. The molecule has 0 aliphatic carbocycles. The zero-order chi connectivity index (χ0) is 14.7. The summed E-state index contributed by atoms with van der Waals surface area (Å²) >= 11 is 8.22. The highest BCUT2D eigenvalue weighted by atomic mass is 127. The number of benzene rings is 2. The van der Waals surface area contributed by atoms with Gasteiger partial charge in [0.25, 0.3) is 0 Å². The van der Waals surface area contributed by atoms with Gasteiger partial charge in [0, 0.05) is 14.7 Å². The molecule has 0 aliphatic heterocycles. The standard InChI is InChI=1S/C17H16ClIO/c1-11(2)9-12-3-5-13(6-4-12)17(20)14-7-8-16(19)15(18)10-14/h3-8,10-11H,9H2,1-2H3. The normalized spacial score (nSPS) is 10.8. The first-order valence-corrected chi connectivity index (χ1v) is 8.01. The predicted molar refractivity (Wildman–Crippen MR) is 92.6 cm³/mol. The average Bonchev–Trinajstić information content (AvgIpc) is 2.41. The van der Waals surface area contributed by atoms with E-state index in [1.165, 1.54) is 5.56 Å². The molecule has 0 N–H and O–H groups in total. The van der Waals surface area contributed by atoms with E-state index in [0.29, 0.717) is 22.1 Å². The molecule has 20 heavy (non-hydrogen) atoms. The Morgan fingerprint density at radius 1 is 1.10 bits per heavy atom. The van der Waals surface area contributed by atoms with Crippen LogP contribution in [0.15, 0.2) is 42.5 Å². The van der Waals surface area contributed by atoms with E-state index < -0.39 is 0 Å². The van der Waals surface area contributed by atoms with Gasteiger partial charge in [-0.1, -0.05) is 49.7 Å². The molecule has 0 unspecified atom stereocenters. The van der Waals surface area contributed by atoms with Gasteiger partial charge in [-0.3, -0.25) is 4.79 Å². The fourth-order valence-electron chi connectivity index (χ4n) is 2.07. The molecule has 2 rings (SSSR count). The lowest BCUT2D eigenvalue weighted by Gasteiger charge is -2.07. The van der Waals surface area contributed by atoms with Gasteiger partial charge in [0.1, 0.15) is 0 Å². The van der Waals surface area contributed by atoms with Gasteiger partial charge in [-0.15, -0.1) is 0 Å². The first-order valence-electron chi connectivity index (χ1n) is 6.56. The summed E-state index contributed by atoms with van der Waals surface area (Å²) in [4.78, 5) is 12.4. The van der Waals surface area contributed by atoms with Crippen molar-refractivity contribution < 1.29 is 4.79 Å². The summed E-state index contributed by atoms with van der Waals surface area (Å²) in [6.07, 6.45) is 1.03. The van der Waals surface area contributed by atoms with Crippen molar-refractivity contribution in [3.8, 4) is 0 Å². The number of halogens is 2. The van der Waals surface area contributed by atoms with Crippen LogP contribution in [0, 0.1) is 9.49 Å². The maximum atomic E-state index is 12.4. The summed E-state index contributed by atoms with van der Waals surface area (Å²) < 4.78 is 0.952. The molecular weight excluding hydrogens is 383 g/mol. The Balaban J connectivity index is 2.22. The summed E-state index contributed by atoms with van der Waals surface area (Å²) in [5.74, 6) is 0.631. The summed E-state index contributed by atoms with van der Waals surface area (Å²) in [5.41, 5.74) is 2.60. The number of rotatable bonds is 4. The minimum atomic E-state index is 0.0133. The second-order valence-corrected chi connectivity index (χ2v) is 6.82. The summed E-state index contributed by atoms with van der Waals surface area (Å²) in [6.45, 7) is 4.37. The first kappa shape index (κ1) is 15.5. The van der Waals surface area contributed by atoms with Gasteiger partial charge in [-0.05, 0) is 58.7 Å². The molecule has 0 saturated carbocycles. The van der Waals surface area contributed by atoms with Gasteiger partial charge >= 0.3 is 0 Å². The molecule has 2 aromatic carbocycles. The maximum Gasteiger partial charge on any atom is 0.193 e. The van der Waals surface area contributed by atoms with E-state index >= 15 is 0 Å². The van der Waals surface area contributed by atoms with Crippen LogP contribution >= 0.6 is 34.2 Å². The molecule has 0 atom stereocenters. The molecule has 3 heteroatoms. The molecule has 0 aromatic heterocycles. The van der Waals surface area contributed by atoms with Crippen LogP contribution in [0.4, 0.5) is 0 Å². The minimum absolute atomic E-state index is 0.0133. The number of carbonyl (C=O) groups excluding carboxylic acids is 1. The van der Waals surface area contributed by atoms with Gasteiger partial charge in [-0.2, -0.15) is 0 Å². The third-order valence-electron chi connectivity index (χ3n) is 3.04. The highest BCUT2D eigenvalue weighted by molar-refractivity contribution is 14.1. The van der Waals surface area contributed by atoms with E-state index in [2.05, 4.69) is 36.4 Å². The van der Waals surface area contributed by atoms with E-state index in [1.54, 1.807) is 6.07 Å². The van der Waals surface area contributed by atoms with Gasteiger partial charge in [0.05, 0.1) is 5.02 Å². The predicted octanol–water partition coefficient (Wildman–Crippen LogP) is 5.37. The minimum Gasteiger partial charge on any atom is -0.289 e. The Morgan fingerprint density at radius 2 is 1.70 bits per heavy atom. The van der Waals surface area contributed by atoms with Gasteiger partial charge < -0.3 is 0 Å². The summed E-state index contributed by atoms with van der Waals surface area (Å²) in [7, 11) is 0. The van der Waals surface area contributed by atoms with E-state index in [-0.39, 0.29) is 5.78 Å². The first-order chi connectivity index (χ1) is 9.47. The molecule has 2 aromatic rings. The summed E-state index contributed by atoms with van der Waals surface area (Å²) in [6, 6.07) is 13.3. The fraction of sp³-hybridized carbons (Fsp3) is 0.235. The Hall–Kier alpha value is -0.870. The zero-order valence-corrected chi connectivity index (χ0v) is 14.4. The van der Waals surface area contributed by atoms with E-state index in [9.17, 15) is 4.79 Å². The molecule has 104 valence electrons. The second kappa shape index (κ2) is 6.72. The van der Waals surface area contributed by atoms with Crippen LogP contribution in [0.25, 0.3) is 0 Å². The Kier molecular flexibility index (Phi) is 5.22. The molecule has 0 aliphatic rings. The van der Waals surface area contributed by atoms with Gasteiger partial charge in [0.2, 0.25) is 0 Å². The molecule has 0 heterocycles. The number of carbonyl (C=O) groups is 1. The van der Waals surface area contributed by atoms with Crippen LogP contribution < -0.4 is 0 Å². The molecule has 0 saturated heterocycles. The molecule has 0 amide bonds. The highest BCUT2D eigenvalue weighted by Gasteiger charge is 2.10. The zero-order valence-electron chi connectivity index (χ0n) is 11.5. The third-order valence-corrected chi connectivity index (χ3v) is 4.61. The number of ketones is 1. The lowest BCUT2D eigenvalue weighted by atomic mass is 9.98. The van der Waals surface area contributed by atoms with E-state index in [4.69, 9.17) is 11.6 Å². The molecule has 0 bridgehead atoms. The monoisotopic (exact) mass is 398 g/mol. The second-order valence-electron chi connectivity index (χ2n) is 5.25. The molecular formula is C17H16ClIO. The van der Waals surface area contributed by atoms with Crippen LogP contribution in [-0.2, 0) is 6.42 Å². The van der Waals surface area contributed by atoms with Crippen LogP contribution in [0.5, 0.6) is 0 Å². The largest absolute Gasteiger partial charge is 0.289 e. The van der Waals surface area contributed by atoms with Crippen LogP contribution in [0.1, 0.15) is 35.3 Å². The van der Waals surface area contributed by atoms with Crippen molar-refractivity contribution in [2.24, 2.45) is 5.92 Å². The van der Waals surface area contributed by atoms with Crippen molar-refractivity contribution in [1.29, 1.82) is 0 Å². The molecule has 0 fully saturated rings. The van der Waals surface area contributed by atoms with Gasteiger partial charge in [-0.25, -0.2) is 0 Å². The van der Waals surface area contributed by atoms with Crippen LogP contribution in [0.2, 0.25) is 5.02 Å². The highest BCUT2D eigenvalue weighted by Crippen LogP contribution is 2.21. The maximum absolute atomic E-state index is 12.4. The summed E-state index contributed by atoms with van der Waals surface area (Å²) in [5, 5.41) is 0.618. The lowest BCUT2D eigenvalue weighted by Crippen LogP contribution is -2.02. The van der Waals surface area contributed by atoms with Crippen molar-refractivity contribution in [2.75, 3.05) is 0 Å². The van der Waals surface area contributed by atoms with E-state index in [1.807, 2.05) is 36.4 Å². The van der Waals surface area contributed by atoms with Crippen molar-refractivity contribution in [1.82, 2.24) is 0 Å². The van der Waals surface area contributed by atoms with Crippen molar-refractivity contribution >= 4 is 40.0 Å². The Morgan fingerprint density at radius 3 is 2.25 bits per heavy atom. The molecule has 1 nitrogen and oxygen atoms in total. The van der Waals surface area contributed by atoms with Crippen molar-refractivity contribution in [2.45, 2.75) is 20.3 Å². The fourth-order valence-corrected chi connectivity index (χ4v) is 2.58. The van der Waals surface area contributed by atoms with E-state index in [0.717, 1.165) is 9.99 Å². The lowest BCUT2D eigenvalue weighted by molar-refractivity contribution is 0.103.